The first-order chi connectivity index (χ1) is 16.7. The summed E-state index contributed by atoms with van der Waals surface area (Å²) in [5.41, 5.74) is 11.3. The molecule has 0 bridgehead atoms. The summed E-state index contributed by atoms with van der Waals surface area (Å²) in [5, 5.41) is 3.28. The largest absolute Gasteiger partial charge is 0.347 e. The summed E-state index contributed by atoms with van der Waals surface area (Å²) >= 11 is 0. The number of hydrogen-bond donors (Lipinski definition) is 1. The van der Waals surface area contributed by atoms with Crippen LogP contribution in [0.15, 0.2) is 79.0 Å². The van der Waals surface area contributed by atoms with Crippen LogP contribution in [0.4, 0.5) is 4.39 Å². The Hall–Kier alpha value is -2.99. The van der Waals surface area contributed by atoms with Gasteiger partial charge in [0.15, 0.2) is 0 Å². The Morgan fingerprint density at radius 3 is 2.47 bits per heavy atom. The number of para-hydroxylation sites is 1. The number of nitrogens with two attached hydrogens (primary N) is 1. The Kier molecular flexibility index (Phi) is 7.05. The van der Waals surface area contributed by atoms with Gasteiger partial charge in [-0.15, -0.1) is 0 Å². The number of benzene rings is 3. The fourth-order valence-electron chi connectivity index (χ4n) is 5.01. The SMILES string of the molecule is NCc1ccc(F)c(C2CCN(OCc3cn(CCc4ccccc4)c4ccccc34)CC2)c1. The highest BCUT2D eigenvalue weighted by molar-refractivity contribution is 5.83. The third kappa shape index (κ3) is 5.07. The van der Waals surface area contributed by atoms with E-state index < -0.39 is 0 Å². The van der Waals surface area contributed by atoms with Gasteiger partial charge in [-0.2, -0.15) is 5.06 Å². The van der Waals surface area contributed by atoms with E-state index in [1.807, 2.05) is 11.1 Å². The molecule has 0 saturated carbocycles. The predicted octanol–water partition coefficient (Wildman–Crippen LogP) is 5.79. The van der Waals surface area contributed by atoms with Gasteiger partial charge in [0.25, 0.3) is 0 Å². The second-order valence-corrected chi connectivity index (χ2v) is 9.14. The highest BCUT2D eigenvalue weighted by atomic mass is 19.1. The number of hydrogen-bond acceptors (Lipinski definition) is 3. The third-order valence-corrected chi connectivity index (χ3v) is 6.95. The lowest BCUT2D eigenvalue weighted by Crippen LogP contribution is -2.33. The third-order valence-electron chi connectivity index (χ3n) is 6.95. The molecular formula is C29H32FN3O. The fraction of sp³-hybridized carbons (Fsp3) is 0.310. The Balaban J connectivity index is 1.21. The van der Waals surface area contributed by atoms with Crippen molar-refractivity contribution in [2.45, 2.75) is 44.9 Å². The van der Waals surface area contributed by atoms with Crippen LogP contribution in [0.1, 0.15) is 41.0 Å². The van der Waals surface area contributed by atoms with Crippen molar-refractivity contribution in [1.82, 2.24) is 9.63 Å². The number of rotatable bonds is 8. The molecule has 2 N–H and O–H groups in total. The number of aryl methyl sites for hydroxylation is 2. The molecule has 1 fully saturated rings. The number of piperidine rings is 1. The smallest absolute Gasteiger partial charge is 0.126 e. The van der Waals surface area contributed by atoms with Gasteiger partial charge in [0.05, 0.1) is 6.61 Å². The summed E-state index contributed by atoms with van der Waals surface area (Å²) in [4.78, 5) is 6.22. The molecule has 0 spiro atoms. The molecule has 3 aromatic carbocycles. The first-order valence-electron chi connectivity index (χ1n) is 12.2. The van der Waals surface area contributed by atoms with Crippen molar-refractivity contribution in [2.24, 2.45) is 5.73 Å². The summed E-state index contributed by atoms with van der Waals surface area (Å²) in [5.74, 6) is 0.0890. The van der Waals surface area contributed by atoms with Gasteiger partial charge in [0.2, 0.25) is 0 Å². The maximum Gasteiger partial charge on any atom is 0.126 e. The standard InChI is InChI=1S/C29H32FN3O/c30-28-11-10-23(19-31)18-27(28)24-13-16-33(17-14-24)34-21-25-20-32(29-9-5-4-8-26(25)29)15-12-22-6-2-1-3-7-22/h1-11,18,20,24H,12-17,19,21,31H2. The first kappa shape index (κ1) is 22.8. The lowest BCUT2D eigenvalue weighted by atomic mass is 9.89. The molecule has 0 unspecified atom stereocenters. The van der Waals surface area contributed by atoms with E-state index in [0.717, 1.165) is 50.0 Å². The normalized spacial score (nSPS) is 15.2. The summed E-state index contributed by atoms with van der Waals surface area (Å²) in [7, 11) is 0. The molecule has 4 aromatic rings. The average Bonchev–Trinajstić information content (AvgIpc) is 3.25. The van der Waals surface area contributed by atoms with Crippen molar-refractivity contribution >= 4 is 10.9 Å². The van der Waals surface area contributed by atoms with Crippen molar-refractivity contribution in [2.75, 3.05) is 13.1 Å². The molecule has 0 amide bonds. The number of nitrogens with zero attached hydrogens (tertiary/aromatic N) is 2. The molecule has 1 saturated heterocycles. The maximum absolute atomic E-state index is 14.4. The van der Waals surface area contributed by atoms with Crippen molar-refractivity contribution in [3.63, 3.8) is 0 Å². The van der Waals surface area contributed by atoms with E-state index in [-0.39, 0.29) is 11.7 Å². The van der Waals surface area contributed by atoms with Crippen molar-refractivity contribution in [1.29, 1.82) is 0 Å². The van der Waals surface area contributed by atoms with Crippen LogP contribution >= 0.6 is 0 Å². The molecule has 1 aromatic heterocycles. The summed E-state index contributed by atoms with van der Waals surface area (Å²) in [6.45, 7) is 3.51. The minimum Gasteiger partial charge on any atom is -0.347 e. The number of halogens is 1. The molecule has 5 rings (SSSR count). The summed E-state index contributed by atoms with van der Waals surface area (Å²) < 4.78 is 16.7. The summed E-state index contributed by atoms with van der Waals surface area (Å²) in [6.07, 6.45) is 4.98. The molecular weight excluding hydrogens is 425 g/mol. The van der Waals surface area contributed by atoms with E-state index in [4.69, 9.17) is 10.6 Å². The lowest BCUT2D eigenvalue weighted by Gasteiger charge is -2.31. The van der Waals surface area contributed by atoms with Crippen molar-refractivity contribution < 1.29 is 9.23 Å². The van der Waals surface area contributed by atoms with Gasteiger partial charge in [-0.3, -0.25) is 4.84 Å². The predicted molar refractivity (Wildman–Crippen MR) is 135 cm³/mol. The monoisotopic (exact) mass is 457 g/mol. The quantitative estimate of drug-likeness (QED) is 0.364. The molecule has 0 aliphatic carbocycles. The van der Waals surface area contributed by atoms with Crippen LogP contribution in [0.5, 0.6) is 0 Å². The van der Waals surface area contributed by atoms with E-state index in [1.54, 1.807) is 12.1 Å². The van der Waals surface area contributed by atoms with Gasteiger partial charge in [-0.05, 0) is 54.0 Å². The fourth-order valence-corrected chi connectivity index (χ4v) is 5.01. The Morgan fingerprint density at radius 2 is 1.68 bits per heavy atom. The first-order valence-corrected chi connectivity index (χ1v) is 12.2. The Morgan fingerprint density at radius 1 is 0.912 bits per heavy atom. The highest BCUT2D eigenvalue weighted by Gasteiger charge is 2.24. The van der Waals surface area contributed by atoms with E-state index in [9.17, 15) is 4.39 Å². The number of hydroxylamine groups is 2. The molecule has 2 heterocycles. The van der Waals surface area contributed by atoms with Crippen molar-refractivity contribution in [3.8, 4) is 0 Å². The van der Waals surface area contributed by atoms with Crippen LogP contribution in [-0.4, -0.2) is 22.7 Å². The van der Waals surface area contributed by atoms with Gasteiger partial charge < -0.3 is 10.3 Å². The summed E-state index contributed by atoms with van der Waals surface area (Å²) in [6, 6.07) is 24.4. The zero-order chi connectivity index (χ0) is 23.3. The van der Waals surface area contributed by atoms with E-state index in [1.165, 1.54) is 22.0 Å². The van der Waals surface area contributed by atoms with E-state index in [0.29, 0.717) is 13.2 Å². The van der Waals surface area contributed by atoms with Crippen molar-refractivity contribution in [3.05, 3.63) is 107 Å². The van der Waals surface area contributed by atoms with E-state index in [2.05, 4.69) is 65.4 Å². The molecule has 0 atom stereocenters. The average molecular weight is 458 g/mol. The zero-order valence-electron chi connectivity index (χ0n) is 19.5. The topological polar surface area (TPSA) is 43.4 Å². The highest BCUT2D eigenvalue weighted by Crippen LogP contribution is 2.31. The van der Waals surface area contributed by atoms with Crippen LogP contribution in [-0.2, 0) is 31.0 Å². The molecule has 1 aliphatic rings. The minimum absolute atomic E-state index is 0.125. The van der Waals surface area contributed by atoms with Gasteiger partial charge in [-0.1, -0.05) is 60.7 Å². The second-order valence-electron chi connectivity index (χ2n) is 9.14. The maximum atomic E-state index is 14.4. The Bertz CT molecular complexity index is 1230. The van der Waals surface area contributed by atoms with Crippen LogP contribution in [0.2, 0.25) is 0 Å². The minimum atomic E-state index is -0.125. The molecule has 4 nitrogen and oxygen atoms in total. The van der Waals surface area contributed by atoms with Gasteiger partial charge in [0.1, 0.15) is 5.82 Å². The molecule has 1 aliphatic heterocycles. The van der Waals surface area contributed by atoms with Gasteiger partial charge in [-0.25, -0.2) is 4.39 Å². The Labute approximate surface area is 200 Å². The van der Waals surface area contributed by atoms with Crippen LogP contribution in [0, 0.1) is 5.82 Å². The van der Waals surface area contributed by atoms with Crippen LogP contribution < -0.4 is 5.73 Å². The molecule has 0 radical (unpaired) electrons. The van der Waals surface area contributed by atoms with Gasteiger partial charge in [0, 0.05) is 48.8 Å². The molecule has 34 heavy (non-hydrogen) atoms. The van der Waals surface area contributed by atoms with Crippen LogP contribution in [0.3, 0.4) is 0 Å². The van der Waals surface area contributed by atoms with Crippen LogP contribution in [0.25, 0.3) is 10.9 Å². The molecule has 5 heteroatoms. The second kappa shape index (κ2) is 10.5. The number of aromatic nitrogens is 1. The number of fused-ring (bicyclic) bond motifs is 1. The zero-order valence-corrected chi connectivity index (χ0v) is 19.5. The molecule has 176 valence electrons. The lowest BCUT2D eigenvalue weighted by molar-refractivity contribution is -0.180. The van der Waals surface area contributed by atoms with E-state index >= 15 is 0 Å². The van der Waals surface area contributed by atoms with Gasteiger partial charge >= 0.3 is 0 Å².